The minimum atomic E-state index is 0.0304. The molecule has 4 heteroatoms. The molecule has 78 valence electrons. The van der Waals surface area contributed by atoms with Gasteiger partial charge in [-0.05, 0) is 5.41 Å². The van der Waals surface area contributed by atoms with Gasteiger partial charge in [0.2, 0.25) is 5.91 Å². The van der Waals surface area contributed by atoms with Gasteiger partial charge in [0.15, 0.2) is 5.13 Å². The van der Waals surface area contributed by atoms with Gasteiger partial charge in [-0.15, -0.1) is 11.3 Å². The van der Waals surface area contributed by atoms with Crippen LogP contribution < -0.4 is 4.90 Å². The number of rotatable bonds is 2. The van der Waals surface area contributed by atoms with E-state index in [1.54, 1.807) is 18.1 Å². The highest BCUT2D eigenvalue weighted by Crippen LogP contribution is 2.23. The van der Waals surface area contributed by atoms with Gasteiger partial charge in [-0.2, -0.15) is 0 Å². The number of anilines is 1. The van der Waals surface area contributed by atoms with Crippen molar-refractivity contribution in [3.05, 3.63) is 11.6 Å². The van der Waals surface area contributed by atoms with Crippen LogP contribution in [0, 0.1) is 5.41 Å². The van der Waals surface area contributed by atoms with Crippen LogP contribution in [0.3, 0.4) is 0 Å². The second kappa shape index (κ2) is 4.09. The third-order valence-corrected chi connectivity index (χ3v) is 2.61. The lowest BCUT2D eigenvalue weighted by Crippen LogP contribution is -2.29. The van der Waals surface area contributed by atoms with Crippen LogP contribution in [0.1, 0.15) is 27.2 Å². The van der Waals surface area contributed by atoms with E-state index in [4.69, 9.17) is 0 Å². The number of hydrogen-bond donors (Lipinski definition) is 0. The molecule has 0 saturated carbocycles. The summed E-state index contributed by atoms with van der Waals surface area (Å²) in [6, 6.07) is 0. The minimum Gasteiger partial charge on any atom is -0.291 e. The largest absolute Gasteiger partial charge is 0.291 e. The van der Waals surface area contributed by atoms with E-state index in [1.165, 1.54) is 11.3 Å². The van der Waals surface area contributed by atoms with Crippen LogP contribution in [0.4, 0.5) is 5.13 Å². The summed E-state index contributed by atoms with van der Waals surface area (Å²) in [7, 11) is 1.77. The summed E-state index contributed by atoms with van der Waals surface area (Å²) < 4.78 is 0. The molecule has 14 heavy (non-hydrogen) atoms. The highest BCUT2D eigenvalue weighted by molar-refractivity contribution is 7.13. The Morgan fingerprint density at radius 1 is 1.57 bits per heavy atom. The lowest BCUT2D eigenvalue weighted by atomic mass is 9.92. The first-order valence-electron chi connectivity index (χ1n) is 4.56. The van der Waals surface area contributed by atoms with Gasteiger partial charge in [0, 0.05) is 25.0 Å². The number of carbonyl (C=O) groups is 1. The molecule has 0 radical (unpaired) electrons. The minimum absolute atomic E-state index is 0.0304. The van der Waals surface area contributed by atoms with E-state index in [1.807, 2.05) is 5.38 Å². The summed E-state index contributed by atoms with van der Waals surface area (Å²) in [6.45, 7) is 6.17. The molecule has 0 aliphatic heterocycles. The SMILES string of the molecule is CN(C(=O)CC(C)(C)C)c1nccs1. The molecular weight excluding hydrogens is 196 g/mol. The van der Waals surface area contributed by atoms with Crippen molar-refractivity contribution in [1.29, 1.82) is 0 Å². The molecule has 1 aromatic rings. The topological polar surface area (TPSA) is 33.2 Å². The molecule has 1 heterocycles. The van der Waals surface area contributed by atoms with Gasteiger partial charge in [-0.25, -0.2) is 4.98 Å². The Labute approximate surface area is 88.8 Å². The van der Waals surface area contributed by atoms with E-state index in [0.717, 1.165) is 5.13 Å². The number of aromatic nitrogens is 1. The van der Waals surface area contributed by atoms with Crippen LogP contribution >= 0.6 is 11.3 Å². The Balaban J connectivity index is 2.63. The lowest BCUT2D eigenvalue weighted by Gasteiger charge is -2.21. The van der Waals surface area contributed by atoms with E-state index < -0.39 is 0 Å². The average molecular weight is 212 g/mol. The van der Waals surface area contributed by atoms with Crippen molar-refractivity contribution in [2.45, 2.75) is 27.2 Å². The fourth-order valence-electron chi connectivity index (χ4n) is 1.06. The Hall–Kier alpha value is -0.900. The highest BCUT2D eigenvalue weighted by atomic mass is 32.1. The van der Waals surface area contributed by atoms with Crippen LogP contribution in [-0.2, 0) is 4.79 Å². The van der Waals surface area contributed by atoms with Crippen molar-refractivity contribution in [1.82, 2.24) is 4.98 Å². The number of carbonyl (C=O) groups excluding carboxylic acids is 1. The third kappa shape index (κ3) is 3.10. The first-order chi connectivity index (χ1) is 6.40. The maximum Gasteiger partial charge on any atom is 0.229 e. The number of hydrogen-bond acceptors (Lipinski definition) is 3. The van der Waals surface area contributed by atoms with E-state index in [-0.39, 0.29) is 11.3 Å². The van der Waals surface area contributed by atoms with Crippen LogP contribution in [0.2, 0.25) is 0 Å². The molecule has 0 saturated heterocycles. The second-order valence-corrected chi connectivity index (χ2v) is 5.38. The summed E-state index contributed by atoms with van der Waals surface area (Å²) >= 11 is 1.48. The van der Waals surface area contributed by atoms with E-state index in [0.29, 0.717) is 6.42 Å². The molecule has 0 aliphatic carbocycles. The first kappa shape index (κ1) is 11.2. The zero-order chi connectivity index (χ0) is 10.8. The first-order valence-corrected chi connectivity index (χ1v) is 5.44. The maximum atomic E-state index is 11.7. The summed E-state index contributed by atoms with van der Waals surface area (Å²) in [4.78, 5) is 17.5. The average Bonchev–Trinajstić information content (AvgIpc) is 2.51. The fourth-order valence-corrected chi connectivity index (χ4v) is 1.69. The van der Waals surface area contributed by atoms with Gasteiger partial charge in [-0.1, -0.05) is 20.8 Å². The highest BCUT2D eigenvalue weighted by Gasteiger charge is 2.20. The summed E-state index contributed by atoms with van der Waals surface area (Å²) in [5.74, 6) is 0.118. The summed E-state index contributed by atoms with van der Waals surface area (Å²) in [5.41, 5.74) is 0.0304. The summed E-state index contributed by atoms with van der Waals surface area (Å²) in [6.07, 6.45) is 2.25. The number of nitrogens with zero attached hydrogens (tertiary/aromatic N) is 2. The van der Waals surface area contributed by atoms with E-state index in [2.05, 4.69) is 25.8 Å². The molecule has 0 spiro atoms. The normalized spacial score (nSPS) is 11.4. The Morgan fingerprint density at radius 2 is 2.21 bits per heavy atom. The van der Waals surface area contributed by atoms with Gasteiger partial charge in [0.1, 0.15) is 0 Å². The number of amides is 1. The lowest BCUT2D eigenvalue weighted by molar-refractivity contribution is -0.120. The van der Waals surface area contributed by atoms with E-state index in [9.17, 15) is 4.79 Å². The third-order valence-electron chi connectivity index (χ3n) is 1.76. The van der Waals surface area contributed by atoms with E-state index >= 15 is 0 Å². The van der Waals surface area contributed by atoms with Crippen LogP contribution in [0.15, 0.2) is 11.6 Å². The monoisotopic (exact) mass is 212 g/mol. The predicted octanol–water partition coefficient (Wildman–Crippen LogP) is 2.54. The van der Waals surface area contributed by atoms with Crippen LogP contribution in [0.5, 0.6) is 0 Å². The van der Waals surface area contributed by atoms with Crippen molar-refractivity contribution < 1.29 is 4.79 Å². The Bertz CT molecular complexity index is 300. The standard InChI is InChI=1S/C10H16N2OS/c1-10(2,3)7-8(13)12(4)9-11-5-6-14-9/h5-6H,7H2,1-4H3. The van der Waals surface area contributed by atoms with Crippen molar-refractivity contribution in [2.24, 2.45) is 5.41 Å². The summed E-state index contributed by atoms with van der Waals surface area (Å²) in [5, 5.41) is 2.63. The second-order valence-electron chi connectivity index (χ2n) is 4.50. The number of thiazole rings is 1. The zero-order valence-electron chi connectivity index (χ0n) is 9.07. The molecule has 3 nitrogen and oxygen atoms in total. The van der Waals surface area contributed by atoms with Crippen molar-refractivity contribution in [3.63, 3.8) is 0 Å². The Kier molecular flexibility index (Phi) is 3.26. The predicted molar refractivity (Wildman–Crippen MR) is 59.6 cm³/mol. The molecule has 0 fully saturated rings. The molecule has 0 aliphatic rings. The molecular formula is C10H16N2OS. The van der Waals surface area contributed by atoms with Crippen molar-refractivity contribution in [2.75, 3.05) is 11.9 Å². The van der Waals surface area contributed by atoms with Gasteiger partial charge < -0.3 is 0 Å². The zero-order valence-corrected chi connectivity index (χ0v) is 9.89. The van der Waals surface area contributed by atoms with Crippen LogP contribution in [-0.4, -0.2) is 17.9 Å². The molecule has 0 aromatic carbocycles. The Morgan fingerprint density at radius 3 is 2.64 bits per heavy atom. The molecule has 1 aromatic heterocycles. The smallest absolute Gasteiger partial charge is 0.229 e. The van der Waals surface area contributed by atoms with Crippen molar-refractivity contribution in [3.8, 4) is 0 Å². The van der Waals surface area contributed by atoms with Gasteiger partial charge in [0.05, 0.1) is 0 Å². The van der Waals surface area contributed by atoms with Gasteiger partial charge >= 0.3 is 0 Å². The molecule has 0 atom stereocenters. The maximum absolute atomic E-state index is 11.7. The fraction of sp³-hybridized carbons (Fsp3) is 0.600. The molecule has 1 amide bonds. The molecule has 0 N–H and O–H groups in total. The molecule has 0 unspecified atom stereocenters. The molecule has 1 rings (SSSR count). The van der Waals surface area contributed by atoms with Gasteiger partial charge in [0.25, 0.3) is 0 Å². The molecule has 0 bridgehead atoms. The van der Waals surface area contributed by atoms with Gasteiger partial charge in [-0.3, -0.25) is 9.69 Å². The van der Waals surface area contributed by atoms with Crippen LogP contribution in [0.25, 0.3) is 0 Å². The van der Waals surface area contributed by atoms with Crippen molar-refractivity contribution >= 4 is 22.4 Å². The quantitative estimate of drug-likeness (QED) is 0.754.